The van der Waals surface area contributed by atoms with E-state index in [1.807, 2.05) is 6.92 Å². The van der Waals surface area contributed by atoms with Crippen molar-refractivity contribution in [3.63, 3.8) is 0 Å². The number of rotatable bonds is 8. The van der Waals surface area contributed by atoms with Crippen molar-refractivity contribution in [3.8, 4) is 5.75 Å². The summed E-state index contributed by atoms with van der Waals surface area (Å²) in [5.74, 6) is -0.369. The number of ether oxygens (including phenoxy) is 2. The lowest BCUT2D eigenvalue weighted by molar-refractivity contribution is -0.145. The first-order valence-electron chi connectivity index (χ1n) is 7.44. The Balaban J connectivity index is 2.65. The number of alkyl carbamates (subject to hydrolysis) is 1. The number of nitrogens with one attached hydrogen (secondary N) is 1. The molecule has 0 spiro atoms. The molecule has 2 N–H and O–H groups in total. The number of esters is 1. The minimum atomic E-state index is -0.821. The maximum absolute atomic E-state index is 11.9. The van der Waals surface area contributed by atoms with E-state index in [1.54, 1.807) is 19.1 Å². The van der Waals surface area contributed by atoms with Crippen LogP contribution in [0.5, 0.6) is 5.75 Å². The summed E-state index contributed by atoms with van der Waals surface area (Å²) >= 11 is 0. The highest BCUT2D eigenvalue weighted by Gasteiger charge is 2.23. The van der Waals surface area contributed by atoms with Gasteiger partial charge in [0.15, 0.2) is 0 Å². The van der Waals surface area contributed by atoms with Gasteiger partial charge in [-0.05, 0) is 31.0 Å². The number of hydrogen-bond donors (Lipinski definition) is 2. The highest BCUT2D eigenvalue weighted by molar-refractivity contribution is 5.81. The van der Waals surface area contributed by atoms with E-state index in [-0.39, 0.29) is 18.8 Å². The first-order chi connectivity index (χ1) is 10.6. The van der Waals surface area contributed by atoms with Gasteiger partial charge in [0, 0.05) is 6.42 Å². The summed E-state index contributed by atoms with van der Waals surface area (Å²) in [4.78, 5) is 23.6. The number of hydrogen-bond acceptors (Lipinski definition) is 5. The Bertz CT molecular complexity index is 472. The van der Waals surface area contributed by atoms with Gasteiger partial charge < -0.3 is 19.9 Å². The molecule has 0 fully saturated rings. The molecular weight excluding hydrogens is 286 g/mol. The van der Waals surface area contributed by atoms with E-state index in [0.29, 0.717) is 6.61 Å². The van der Waals surface area contributed by atoms with E-state index in [4.69, 9.17) is 9.47 Å². The number of unbranched alkanes of at least 4 members (excludes halogenated alkanes) is 1. The number of amides is 1. The number of phenols is 1. The van der Waals surface area contributed by atoms with Gasteiger partial charge in [-0.2, -0.15) is 0 Å². The van der Waals surface area contributed by atoms with Crippen molar-refractivity contribution in [1.82, 2.24) is 5.32 Å². The third-order valence-corrected chi connectivity index (χ3v) is 2.97. The monoisotopic (exact) mass is 309 g/mol. The second kappa shape index (κ2) is 9.65. The Hall–Kier alpha value is -2.24. The molecule has 1 aromatic rings. The molecule has 0 aliphatic heterocycles. The Kier molecular flexibility index (Phi) is 7.81. The first kappa shape index (κ1) is 17.8. The summed E-state index contributed by atoms with van der Waals surface area (Å²) in [7, 11) is 0. The molecule has 22 heavy (non-hydrogen) atoms. The number of carbonyl (C=O) groups is 2. The molecule has 0 aliphatic carbocycles. The molecule has 1 amide bonds. The molecule has 1 atom stereocenters. The fraction of sp³-hybridized carbons (Fsp3) is 0.500. The molecule has 1 rings (SSSR count). The van der Waals surface area contributed by atoms with Crippen molar-refractivity contribution in [3.05, 3.63) is 29.8 Å². The Morgan fingerprint density at radius 1 is 1.18 bits per heavy atom. The van der Waals surface area contributed by atoms with E-state index in [9.17, 15) is 14.7 Å². The van der Waals surface area contributed by atoms with Gasteiger partial charge in [0.2, 0.25) is 0 Å². The summed E-state index contributed by atoms with van der Waals surface area (Å²) in [6.07, 6.45) is 1.32. The van der Waals surface area contributed by atoms with Gasteiger partial charge in [0.05, 0.1) is 13.2 Å². The molecule has 0 heterocycles. The number of phenolic OH excluding ortho intramolecular Hbond substituents is 1. The summed E-state index contributed by atoms with van der Waals surface area (Å²) < 4.78 is 9.97. The van der Waals surface area contributed by atoms with Crippen LogP contribution < -0.4 is 5.32 Å². The number of aromatic hydroxyl groups is 1. The maximum Gasteiger partial charge on any atom is 0.407 e. The van der Waals surface area contributed by atoms with Crippen LogP contribution in [0.2, 0.25) is 0 Å². The van der Waals surface area contributed by atoms with E-state index < -0.39 is 18.1 Å². The molecule has 0 aromatic heterocycles. The minimum Gasteiger partial charge on any atom is -0.508 e. The van der Waals surface area contributed by atoms with Crippen molar-refractivity contribution in [2.24, 2.45) is 0 Å². The van der Waals surface area contributed by atoms with E-state index in [2.05, 4.69) is 5.32 Å². The zero-order chi connectivity index (χ0) is 16.4. The highest BCUT2D eigenvalue weighted by atomic mass is 16.6. The van der Waals surface area contributed by atoms with Crippen LogP contribution in [0.4, 0.5) is 4.79 Å². The summed E-state index contributed by atoms with van der Waals surface area (Å²) in [5, 5.41) is 11.8. The van der Waals surface area contributed by atoms with Crippen LogP contribution in [0.3, 0.4) is 0 Å². The molecule has 6 heteroatoms. The Labute approximate surface area is 130 Å². The van der Waals surface area contributed by atoms with Gasteiger partial charge in [-0.1, -0.05) is 25.5 Å². The van der Waals surface area contributed by atoms with Crippen LogP contribution in [0, 0.1) is 0 Å². The standard InChI is InChI=1S/C16H23NO5/c1-3-5-10-22-16(20)17-14(15(19)21-4-2)11-12-6-8-13(18)9-7-12/h6-9,14,18H,3-5,10-11H2,1-2H3,(H,17,20)/t14-/m0/s1. The predicted octanol–water partition coefficient (Wildman–Crippen LogP) is 2.39. The minimum absolute atomic E-state index is 0.142. The van der Waals surface area contributed by atoms with Crippen molar-refractivity contribution in [2.75, 3.05) is 13.2 Å². The zero-order valence-corrected chi connectivity index (χ0v) is 13.0. The van der Waals surface area contributed by atoms with Crippen LogP contribution in [-0.2, 0) is 20.7 Å². The van der Waals surface area contributed by atoms with E-state index >= 15 is 0 Å². The Morgan fingerprint density at radius 3 is 2.45 bits per heavy atom. The number of carbonyl (C=O) groups excluding carboxylic acids is 2. The molecule has 122 valence electrons. The molecule has 0 radical (unpaired) electrons. The molecule has 1 aromatic carbocycles. The highest BCUT2D eigenvalue weighted by Crippen LogP contribution is 2.12. The molecule has 0 saturated heterocycles. The van der Waals surface area contributed by atoms with Crippen molar-refractivity contribution < 1.29 is 24.2 Å². The molecule has 0 saturated carbocycles. The Morgan fingerprint density at radius 2 is 1.86 bits per heavy atom. The van der Waals surface area contributed by atoms with Gasteiger partial charge in [-0.3, -0.25) is 0 Å². The smallest absolute Gasteiger partial charge is 0.407 e. The summed E-state index contributed by atoms with van der Waals surface area (Å²) in [6.45, 7) is 4.25. The fourth-order valence-corrected chi connectivity index (χ4v) is 1.80. The molecule has 0 bridgehead atoms. The van der Waals surface area contributed by atoms with Gasteiger partial charge in [0.1, 0.15) is 11.8 Å². The second-order valence-corrected chi connectivity index (χ2v) is 4.81. The van der Waals surface area contributed by atoms with E-state index in [0.717, 1.165) is 18.4 Å². The van der Waals surface area contributed by atoms with E-state index in [1.165, 1.54) is 12.1 Å². The SMILES string of the molecule is CCCCOC(=O)N[C@@H](Cc1ccc(O)cc1)C(=O)OCC. The maximum atomic E-state index is 11.9. The average Bonchev–Trinajstić information content (AvgIpc) is 2.49. The summed E-state index contributed by atoms with van der Waals surface area (Å²) in [6, 6.07) is 5.60. The van der Waals surface area contributed by atoms with Crippen molar-refractivity contribution in [2.45, 2.75) is 39.2 Å². The van der Waals surface area contributed by atoms with Gasteiger partial charge >= 0.3 is 12.1 Å². The van der Waals surface area contributed by atoms with Gasteiger partial charge in [-0.25, -0.2) is 9.59 Å². The van der Waals surface area contributed by atoms with Crippen LogP contribution in [0.25, 0.3) is 0 Å². The van der Waals surface area contributed by atoms with Crippen LogP contribution in [0.1, 0.15) is 32.3 Å². The molecule has 6 nitrogen and oxygen atoms in total. The van der Waals surface area contributed by atoms with Crippen molar-refractivity contribution >= 4 is 12.1 Å². The summed E-state index contributed by atoms with van der Waals surface area (Å²) in [5.41, 5.74) is 0.796. The molecule has 0 aliphatic rings. The number of benzene rings is 1. The lowest BCUT2D eigenvalue weighted by atomic mass is 10.1. The average molecular weight is 309 g/mol. The predicted molar refractivity (Wildman–Crippen MR) is 81.6 cm³/mol. The normalized spacial score (nSPS) is 11.5. The van der Waals surface area contributed by atoms with Crippen LogP contribution in [-0.4, -0.2) is 36.4 Å². The molecular formula is C16H23NO5. The van der Waals surface area contributed by atoms with Crippen molar-refractivity contribution in [1.29, 1.82) is 0 Å². The third kappa shape index (κ3) is 6.47. The lowest BCUT2D eigenvalue weighted by Crippen LogP contribution is -2.43. The van der Waals surface area contributed by atoms with Crippen LogP contribution in [0.15, 0.2) is 24.3 Å². The largest absolute Gasteiger partial charge is 0.508 e. The topological polar surface area (TPSA) is 84.9 Å². The third-order valence-electron chi connectivity index (χ3n) is 2.97. The zero-order valence-electron chi connectivity index (χ0n) is 13.0. The lowest BCUT2D eigenvalue weighted by Gasteiger charge is -2.17. The van der Waals surface area contributed by atoms with Gasteiger partial charge in [-0.15, -0.1) is 0 Å². The second-order valence-electron chi connectivity index (χ2n) is 4.81. The fourth-order valence-electron chi connectivity index (χ4n) is 1.80. The van der Waals surface area contributed by atoms with Gasteiger partial charge in [0.25, 0.3) is 0 Å². The van der Waals surface area contributed by atoms with Crippen LogP contribution >= 0.6 is 0 Å². The molecule has 0 unspecified atom stereocenters. The quantitative estimate of drug-likeness (QED) is 0.569. The first-order valence-corrected chi connectivity index (χ1v) is 7.44.